The normalized spacial score (nSPS) is 8.27. The molecule has 0 aliphatic rings. The summed E-state index contributed by atoms with van der Waals surface area (Å²) in [5, 5.41) is 11.1. The van der Waals surface area contributed by atoms with E-state index in [-0.39, 0.29) is 6.54 Å². The molecule has 6 N–H and O–H groups in total. The Bertz CT molecular complexity index is 310. The highest BCUT2D eigenvalue weighted by Crippen LogP contribution is 2.03. The summed E-state index contributed by atoms with van der Waals surface area (Å²) in [6.45, 7) is -0.0377. The maximum Gasteiger partial charge on any atom is 0.322 e. The van der Waals surface area contributed by atoms with Crippen LogP contribution < -0.4 is 16.8 Å². The van der Waals surface area contributed by atoms with Crippen molar-refractivity contribution in [3.63, 3.8) is 0 Å². The van der Waals surface area contributed by atoms with Gasteiger partial charge in [-0.15, -0.1) is 0 Å². The number of primary amides is 2. The van der Waals surface area contributed by atoms with Crippen molar-refractivity contribution in [3.05, 3.63) is 30.3 Å². The van der Waals surface area contributed by atoms with Gasteiger partial charge in [0.15, 0.2) is 0 Å². The number of carbonyl (C=O) groups is 2. The fourth-order valence-corrected chi connectivity index (χ4v) is 0.734. The number of benzene rings is 1. The molecule has 0 heterocycles. The van der Waals surface area contributed by atoms with Crippen LogP contribution >= 0.6 is 0 Å². The van der Waals surface area contributed by atoms with Gasteiger partial charge < -0.3 is 21.9 Å². The average molecular weight is 211 g/mol. The lowest BCUT2D eigenvalue weighted by molar-refractivity contribution is -0.134. The molecule has 0 fully saturated rings. The van der Waals surface area contributed by atoms with E-state index >= 15 is 0 Å². The highest BCUT2D eigenvalue weighted by molar-refractivity contribution is 5.72. The molecular formula is C9H13N3O3. The second-order valence-corrected chi connectivity index (χ2v) is 2.52. The zero-order valence-corrected chi connectivity index (χ0v) is 8.01. The molecule has 6 nitrogen and oxygen atoms in total. The van der Waals surface area contributed by atoms with E-state index < -0.39 is 12.0 Å². The molecule has 0 aromatic heterocycles. The van der Waals surface area contributed by atoms with E-state index in [9.17, 15) is 4.79 Å². The van der Waals surface area contributed by atoms with Crippen LogP contribution in [0.2, 0.25) is 0 Å². The first-order valence-corrected chi connectivity index (χ1v) is 4.08. The zero-order chi connectivity index (χ0) is 11.7. The number of anilines is 1. The molecule has 0 aliphatic heterocycles. The number of para-hydroxylation sites is 1. The van der Waals surface area contributed by atoms with Gasteiger partial charge in [0.1, 0.15) is 6.54 Å². The topological polar surface area (TPSA) is 118 Å². The first-order chi connectivity index (χ1) is 7.02. The molecule has 0 aliphatic carbocycles. The molecule has 0 unspecified atom stereocenters. The lowest BCUT2D eigenvalue weighted by Gasteiger charge is -2.00. The van der Waals surface area contributed by atoms with Gasteiger partial charge in [0.25, 0.3) is 0 Å². The molecule has 1 aromatic carbocycles. The molecule has 82 valence electrons. The SMILES string of the molecule is NC(N)=O.O=C(O)CNc1ccccc1. The molecule has 0 atom stereocenters. The molecule has 0 spiro atoms. The number of carboxylic acid groups (broad SMARTS) is 1. The van der Waals surface area contributed by atoms with Crippen LogP contribution in [0.1, 0.15) is 0 Å². The second kappa shape index (κ2) is 7.19. The van der Waals surface area contributed by atoms with Crippen molar-refractivity contribution < 1.29 is 14.7 Å². The van der Waals surface area contributed by atoms with Crippen LogP contribution in [-0.4, -0.2) is 23.7 Å². The van der Waals surface area contributed by atoms with Gasteiger partial charge in [-0.25, -0.2) is 4.79 Å². The molecule has 0 radical (unpaired) electrons. The van der Waals surface area contributed by atoms with Crippen LogP contribution in [0.15, 0.2) is 30.3 Å². The van der Waals surface area contributed by atoms with Gasteiger partial charge in [-0.05, 0) is 12.1 Å². The predicted octanol–water partition coefficient (Wildman–Crippen LogP) is 0.207. The van der Waals surface area contributed by atoms with E-state index in [0.717, 1.165) is 5.69 Å². The van der Waals surface area contributed by atoms with Gasteiger partial charge in [-0.1, -0.05) is 18.2 Å². The van der Waals surface area contributed by atoms with Crippen molar-refractivity contribution in [1.29, 1.82) is 0 Å². The fraction of sp³-hybridized carbons (Fsp3) is 0.111. The Morgan fingerprint density at radius 2 is 1.67 bits per heavy atom. The summed E-state index contributed by atoms with van der Waals surface area (Å²) in [5.74, 6) is -0.853. The summed E-state index contributed by atoms with van der Waals surface area (Å²) in [7, 11) is 0. The summed E-state index contributed by atoms with van der Waals surface area (Å²) in [6, 6.07) is 8.40. The number of aliphatic carboxylic acids is 1. The first kappa shape index (κ1) is 12.8. The molecule has 1 aromatic rings. The number of nitrogens with two attached hydrogens (primary N) is 2. The van der Waals surface area contributed by atoms with Crippen LogP contribution in [0.4, 0.5) is 10.5 Å². The third kappa shape index (κ3) is 9.68. The van der Waals surface area contributed by atoms with E-state index in [1.54, 1.807) is 0 Å². The molecule has 1 rings (SSSR count). The van der Waals surface area contributed by atoms with Crippen molar-refractivity contribution in [2.24, 2.45) is 11.5 Å². The molecule has 6 heteroatoms. The summed E-state index contributed by atoms with van der Waals surface area (Å²) in [6.07, 6.45) is 0. The number of carboxylic acids is 1. The zero-order valence-electron chi connectivity index (χ0n) is 8.01. The number of urea groups is 1. The number of amides is 2. The summed E-state index contributed by atoms with van der Waals surface area (Å²) >= 11 is 0. The van der Waals surface area contributed by atoms with Crippen molar-refractivity contribution >= 4 is 17.7 Å². The van der Waals surface area contributed by atoms with Gasteiger partial charge in [0.2, 0.25) is 0 Å². The number of hydrogen-bond donors (Lipinski definition) is 4. The Balaban J connectivity index is 0.000000423. The minimum atomic E-state index is -0.853. The van der Waals surface area contributed by atoms with Crippen molar-refractivity contribution in [1.82, 2.24) is 0 Å². The van der Waals surface area contributed by atoms with Crippen molar-refractivity contribution in [2.45, 2.75) is 0 Å². The standard InChI is InChI=1S/C8H9NO2.CH4N2O/c10-8(11)6-9-7-4-2-1-3-5-7;2-1(3)4/h1-5,9H,6H2,(H,10,11);(H4,2,3,4). The number of rotatable bonds is 3. The minimum absolute atomic E-state index is 0.0377. The number of carbonyl (C=O) groups excluding carboxylic acids is 1. The highest BCUT2D eigenvalue weighted by atomic mass is 16.4. The first-order valence-electron chi connectivity index (χ1n) is 4.08. The largest absolute Gasteiger partial charge is 0.480 e. The van der Waals surface area contributed by atoms with Gasteiger partial charge in [-0.2, -0.15) is 0 Å². The predicted molar refractivity (Wildman–Crippen MR) is 56.3 cm³/mol. The van der Waals surface area contributed by atoms with Crippen LogP contribution in [0.25, 0.3) is 0 Å². The van der Waals surface area contributed by atoms with Crippen molar-refractivity contribution in [2.75, 3.05) is 11.9 Å². The lowest BCUT2D eigenvalue weighted by Crippen LogP contribution is -2.18. The summed E-state index contributed by atoms with van der Waals surface area (Å²) in [4.78, 5) is 19.1. The quantitative estimate of drug-likeness (QED) is 0.571. The molecule has 0 bridgehead atoms. The van der Waals surface area contributed by atoms with Gasteiger partial charge in [-0.3, -0.25) is 4.79 Å². The van der Waals surface area contributed by atoms with Crippen LogP contribution in [0.5, 0.6) is 0 Å². The monoisotopic (exact) mass is 211 g/mol. The molecular weight excluding hydrogens is 198 g/mol. The van der Waals surface area contributed by atoms with E-state index in [2.05, 4.69) is 16.8 Å². The number of nitrogens with one attached hydrogen (secondary N) is 1. The smallest absolute Gasteiger partial charge is 0.322 e. The lowest BCUT2D eigenvalue weighted by atomic mass is 10.3. The van der Waals surface area contributed by atoms with Crippen LogP contribution in [0.3, 0.4) is 0 Å². The van der Waals surface area contributed by atoms with Gasteiger partial charge >= 0.3 is 12.0 Å². The maximum atomic E-state index is 10.1. The molecule has 0 saturated heterocycles. The Kier molecular flexibility index (Phi) is 6.12. The maximum absolute atomic E-state index is 10.1. The Morgan fingerprint density at radius 1 is 1.20 bits per heavy atom. The van der Waals surface area contributed by atoms with Gasteiger partial charge in [0.05, 0.1) is 0 Å². The third-order valence-corrected chi connectivity index (χ3v) is 1.22. The van der Waals surface area contributed by atoms with Crippen molar-refractivity contribution in [3.8, 4) is 0 Å². The summed E-state index contributed by atoms with van der Waals surface area (Å²) < 4.78 is 0. The van der Waals surface area contributed by atoms with Gasteiger partial charge in [0, 0.05) is 5.69 Å². The molecule has 2 amide bonds. The average Bonchev–Trinajstić information content (AvgIpc) is 2.15. The molecule has 15 heavy (non-hydrogen) atoms. The Labute approximate surface area is 86.9 Å². The second-order valence-electron chi connectivity index (χ2n) is 2.52. The van der Waals surface area contributed by atoms with E-state index in [1.807, 2.05) is 30.3 Å². The van der Waals surface area contributed by atoms with E-state index in [0.29, 0.717) is 0 Å². The van der Waals surface area contributed by atoms with E-state index in [4.69, 9.17) is 9.90 Å². The van der Waals surface area contributed by atoms with Crippen LogP contribution in [0, 0.1) is 0 Å². The Morgan fingerprint density at radius 3 is 2.07 bits per heavy atom. The minimum Gasteiger partial charge on any atom is -0.480 e. The van der Waals surface area contributed by atoms with Crippen LogP contribution in [-0.2, 0) is 4.79 Å². The summed E-state index contributed by atoms with van der Waals surface area (Å²) in [5.41, 5.74) is 9.33. The molecule has 0 saturated carbocycles. The van der Waals surface area contributed by atoms with E-state index in [1.165, 1.54) is 0 Å². The Hall–Kier alpha value is -2.24. The number of hydrogen-bond acceptors (Lipinski definition) is 3. The highest BCUT2D eigenvalue weighted by Gasteiger charge is 1.93. The third-order valence-electron chi connectivity index (χ3n) is 1.22. The fourth-order valence-electron chi connectivity index (χ4n) is 0.734.